The van der Waals surface area contributed by atoms with Gasteiger partial charge in [0.2, 0.25) is 5.91 Å². The summed E-state index contributed by atoms with van der Waals surface area (Å²) in [6, 6.07) is 3.68. The second kappa shape index (κ2) is 5.27. The predicted octanol–water partition coefficient (Wildman–Crippen LogP) is 1.94. The number of nitrogens with zero attached hydrogens (tertiary/aromatic N) is 1. The molecule has 1 aromatic heterocycles. The number of amides is 1. The maximum atomic E-state index is 12.3. The van der Waals surface area contributed by atoms with Gasteiger partial charge in [-0.25, -0.2) is 0 Å². The van der Waals surface area contributed by atoms with E-state index in [0.717, 1.165) is 37.9 Å². The van der Waals surface area contributed by atoms with Crippen LogP contribution >= 0.6 is 0 Å². The van der Waals surface area contributed by atoms with Gasteiger partial charge in [0, 0.05) is 6.20 Å². The molecule has 0 saturated carbocycles. The summed E-state index contributed by atoms with van der Waals surface area (Å²) in [5, 5.41) is 6.30. The van der Waals surface area contributed by atoms with Crippen LogP contribution in [0.25, 0.3) is 0 Å². The molecule has 1 atom stereocenters. The summed E-state index contributed by atoms with van der Waals surface area (Å²) in [4.78, 5) is 16.3. The zero-order chi connectivity index (χ0) is 12.1. The molecule has 1 aliphatic heterocycles. The van der Waals surface area contributed by atoms with Crippen LogP contribution in [0.2, 0.25) is 0 Å². The monoisotopic (exact) mass is 233 g/mol. The summed E-state index contributed by atoms with van der Waals surface area (Å²) in [5.74, 6) is 0.0739. The fourth-order valence-corrected chi connectivity index (χ4v) is 2.44. The quantitative estimate of drug-likeness (QED) is 0.835. The van der Waals surface area contributed by atoms with Crippen molar-refractivity contribution < 1.29 is 4.79 Å². The van der Waals surface area contributed by atoms with Crippen LogP contribution in [0, 0.1) is 0 Å². The normalized spacial score (nSPS) is 23.6. The molecule has 0 aliphatic carbocycles. The fraction of sp³-hybridized carbons (Fsp3) is 0.538. The second-order valence-corrected chi connectivity index (χ2v) is 4.56. The van der Waals surface area contributed by atoms with Gasteiger partial charge in [0.15, 0.2) is 0 Å². The van der Waals surface area contributed by atoms with Crippen LogP contribution in [0.4, 0.5) is 5.69 Å². The van der Waals surface area contributed by atoms with E-state index in [0.29, 0.717) is 0 Å². The van der Waals surface area contributed by atoms with E-state index in [1.54, 1.807) is 12.4 Å². The number of carbonyl (C=O) groups is 1. The van der Waals surface area contributed by atoms with E-state index in [1.165, 1.54) is 0 Å². The molecule has 1 saturated heterocycles. The third-order valence-electron chi connectivity index (χ3n) is 3.27. The maximum absolute atomic E-state index is 12.3. The minimum atomic E-state index is -0.370. The molecule has 1 aliphatic rings. The summed E-state index contributed by atoms with van der Waals surface area (Å²) in [6.45, 7) is 3.04. The zero-order valence-corrected chi connectivity index (χ0v) is 10.2. The van der Waals surface area contributed by atoms with Gasteiger partial charge in [0.05, 0.1) is 17.4 Å². The average Bonchev–Trinajstić information content (AvgIpc) is 2.81. The molecular formula is C13H19N3O. The first-order valence-electron chi connectivity index (χ1n) is 6.23. The fourth-order valence-electron chi connectivity index (χ4n) is 2.44. The van der Waals surface area contributed by atoms with Crippen LogP contribution in [0.5, 0.6) is 0 Å². The Morgan fingerprint density at radius 3 is 3.12 bits per heavy atom. The molecule has 4 heteroatoms. The third-order valence-corrected chi connectivity index (χ3v) is 3.27. The first-order chi connectivity index (χ1) is 8.27. The number of pyridine rings is 1. The smallest absolute Gasteiger partial charge is 0.244 e. The Bertz CT molecular complexity index is 372. The largest absolute Gasteiger partial charge is 0.323 e. The SMILES string of the molecule is CCCC1(C(=O)Nc2cccnc2)CCCN1. The first kappa shape index (κ1) is 12.0. The molecule has 0 spiro atoms. The lowest BCUT2D eigenvalue weighted by molar-refractivity contribution is -0.122. The summed E-state index contributed by atoms with van der Waals surface area (Å²) in [6.07, 6.45) is 7.26. The van der Waals surface area contributed by atoms with Gasteiger partial charge in [-0.15, -0.1) is 0 Å². The Hall–Kier alpha value is -1.42. The van der Waals surface area contributed by atoms with Crippen LogP contribution in [-0.4, -0.2) is 23.0 Å². The van der Waals surface area contributed by atoms with Crippen molar-refractivity contribution in [2.24, 2.45) is 0 Å². The van der Waals surface area contributed by atoms with Gasteiger partial charge in [0.25, 0.3) is 0 Å². The van der Waals surface area contributed by atoms with Crippen LogP contribution in [0.3, 0.4) is 0 Å². The topological polar surface area (TPSA) is 54.0 Å². The van der Waals surface area contributed by atoms with Crippen molar-refractivity contribution in [1.29, 1.82) is 0 Å². The molecule has 1 fully saturated rings. The summed E-state index contributed by atoms with van der Waals surface area (Å²) in [7, 11) is 0. The van der Waals surface area contributed by atoms with Gasteiger partial charge in [-0.05, 0) is 37.9 Å². The Balaban J connectivity index is 2.07. The second-order valence-electron chi connectivity index (χ2n) is 4.56. The van der Waals surface area contributed by atoms with Crippen molar-refractivity contribution in [2.45, 2.75) is 38.1 Å². The van der Waals surface area contributed by atoms with Gasteiger partial charge < -0.3 is 10.6 Å². The standard InChI is InChI=1S/C13H19N3O/c1-2-6-13(7-4-9-15-13)12(17)16-11-5-3-8-14-10-11/h3,5,8,10,15H,2,4,6-7,9H2,1H3,(H,16,17). The van der Waals surface area contributed by atoms with Crippen molar-refractivity contribution in [2.75, 3.05) is 11.9 Å². The van der Waals surface area contributed by atoms with E-state index in [-0.39, 0.29) is 11.4 Å². The van der Waals surface area contributed by atoms with Crippen molar-refractivity contribution in [1.82, 2.24) is 10.3 Å². The Kier molecular flexibility index (Phi) is 3.74. The molecule has 2 N–H and O–H groups in total. The van der Waals surface area contributed by atoms with E-state index in [4.69, 9.17) is 0 Å². The van der Waals surface area contributed by atoms with Crippen LogP contribution in [0.1, 0.15) is 32.6 Å². The molecule has 0 aromatic carbocycles. The number of rotatable bonds is 4. The van der Waals surface area contributed by atoms with Crippen molar-refractivity contribution in [3.05, 3.63) is 24.5 Å². The lowest BCUT2D eigenvalue weighted by atomic mass is 9.91. The molecule has 92 valence electrons. The van der Waals surface area contributed by atoms with E-state index < -0.39 is 0 Å². The van der Waals surface area contributed by atoms with Gasteiger partial charge in [0.1, 0.15) is 0 Å². The molecule has 2 heterocycles. The number of aromatic nitrogens is 1. The number of carbonyl (C=O) groups excluding carboxylic acids is 1. The molecule has 0 radical (unpaired) electrons. The highest BCUT2D eigenvalue weighted by atomic mass is 16.2. The molecule has 1 aromatic rings. The van der Waals surface area contributed by atoms with Gasteiger partial charge in [-0.1, -0.05) is 13.3 Å². The number of anilines is 1. The van der Waals surface area contributed by atoms with Crippen molar-refractivity contribution >= 4 is 11.6 Å². The minimum Gasteiger partial charge on any atom is -0.323 e. The Labute approximate surface area is 102 Å². The van der Waals surface area contributed by atoms with E-state index in [1.807, 2.05) is 12.1 Å². The maximum Gasteiger partial charge on any atom is 0.244 e. The first-order valence-corrected chi connectivity index (χ1v) is 6.23. The highest BCUT2D eigenvalue weighted by molar-refractivity contribution is 5.98. The van der Waals surface area contributed by atoms with Crippen LogP contribution in [0.15, 0.2) is 24.5 Å². The van der Waals surface area contributed by atoms with E-state index >= 15 is 0 Å². The number of hydrogen-bond donors (Lipinski definition) is 2. The lowest BCUT2D eigenvalue weighted by Gasteiger charge is -2.27. The molecule has 0 bridgehead atoms. The highest BCUT2D eigenvalue weighted by Crippen LogP contribution is 2.26. The molecule has 17 heavy (non-hydrogen) atoms. The molecule has 4 nitrogen and oxygen atoms in total. The van der Waals surface area contributed by atoms with Gasteiger partial charge in [-0.3, -0.25) is 9.78 Å². The molecule has 2 rings (SSSR count). The third kappa shape index (κ3) is 2.64. The molecule has 1 amide bonds. The summed E-state index contributed by atoms with van der Waals surface area (Å²) >= 11 is 0. The van der Waals surface area contributed by atoms with E-state index in [2.05, 4.69) is 22.5 Å². The minimum absolute atomic E-state index is 0.0739. The Morgan fingerprint density at radius 2 is 2.53 bits per heavy atom. The van der Waals surface area contributed by atoms with Gasteiger partial charge in [-0.2, -0.15) is 0 Å². The summed E-state index contributed by atoms with van der Waals surface area (Å²) < 4.78 is 0. The Morgan fingerprint density at radius 1 is 1.65 bits per heavy atom. The predicted molar refractivity (Wildman–Crippen MR) is 67.7 cm³/mol. The van der Waals surface area contributed by atoms with Gasteiger partial charge >= 0.3 is 0 Å². The molecule has 1 unspecified atom stereocenters. The molecular weight excluding hydrogens is 214 g/mol. The summed E-state index contributed by atoms with van der Waals surface area (Å²) in [5.41, 5.74) is 0.395. The van der Waals surface area contributed by atoms with Crippen molar-refractivity contribution in [3.8, 4) is 0 Å². The van der Waals surface area contributed by atoms with E-state index in [9.17, 15) is 4.79 Å². The van der Waals surface area contributed by atoms with Crippen LogP contribution in [-0.2, 0) is 4.79 Å². The zero-order valence-electron chi connectivity index (χ0n) is 10.2. The van der Waals surface area contributed by atoms with Crippen LogP contribution < -0.4 is 10.6 Å². The highest BCUT2D eigenvalue weighted by Gasteiger charge is 2.39. The number of hydrogen-bond acceptors (Lipinski definition) is 3. The lowest BCUT2D eigenvalue weighted by Crippen LogP contribution is -2.50. The van der Waals surface area contributed by atoms with Crippen molar-refractivity contribution in [3.63, 3.8) is 0 Å². The number of nitrogens with one attached hydrogen (secondary N) is 2. The average molecular weight is 233 g/mol.